The Hall–Kier alpha value is -1.34. The quantitative estimate of drug-likeness (QED) is 0.618. The van der Waals surface area contributed by atoms with E-state index < -0.39 is 11.7 Å². The average Bonchev–Trinajstić information content (AvgIpc) is 2.40. The van der Waals surface area contributed by atoms with Crippen LogP contribution in [0.3, 0.4) is 0 Å². The summed E-state index contributed by atoms with van der Waals surface area (Å²) >= 11 is 5.07. The number of ether oxygens (including phenoxy) is 1. The first-order chi connectivity index (χ1) is 9.84. The predicted octanol–water partition coefficient (Wildman–Crippen LogP) is 3.73. The highest BCUT2D eigenvalue weighted by Gasteiger charge is 2.30. The molecule has 0 bridgehead atoms. The fourth-order valence-corrected chi connectivity index (χ4v) is 1.83. The second kappa shape index (κ2) is 8.19. The van der Waals surface area contributed by atoms with Gasteiger partial charge < -0.3 is 15.4 Å². The zero-order valence-electron chi connectivity index (χ0n) is 12.0. The number of hydrogen-bond donors (Lipinski definition) is 2. The predicted molar refractivity (Wildman–Crippen MR) is 81.5 cm³/mol. The van der Waals surface area contributed by atoms with Crippen LogP contribution in [0.25, 0.3) is 0 Å². The van der Waals surface area contributed by atoms with E-state index in [1.807, 2.05) is 6.92 Å². The fourth-order valence-electron chi connectivity index (χ4n) is 1.62. The number of rotatable bonds is 6. The molecule has 1 aromatic carbocycles. The molecule has 118 valence electrons. The van der Waals surface area contributed by atoms with Crippen molar-refractivity contribution in [1.29, 1.82) is 0 Å². The van der Waals surface area contributed by atoms with Crippen LogP contribution in [0.5, 0.6) is 0 Å². The first-order valence-corrected chi connectivity index (χ1v) is 7.06. The van der Waals surface area contributed by atoms with Crippen molar-refractivity contribution in [2.75, 3.05) is 25.1 Å². The summed E-state index contributed by atoms with van der Waals surface area (Å²) in [6.07, 6.45) is -3.59. The zero-order chi connectivity index (χ0) is 15.9. The monoisotopic (exact) mass is 320 g/mol. The van der Waals surface area contributed by atoms with Crippen LogP contribution in [0, 0.1) is 6.92 Å². The third kappa shape index (κ3) is 6.31. The molecular weight excluding hydrogens is 301 g/mol. The van der Waals surface area contributed by atoms with Gasteiger partial charge in [0.15, 0.2) is 5.11 Å². The summed E-state index contributed by atoms with van der Waals surface area (Å²) in [5.41, 5.74) is 0.350. The maximum Gasteiger partial charge on any atom is 0.416 e. The van der Waals surface area contributed by atoms with Gasteiger partial charge in [-0.1, -0.05) is 6.07 Å². The van der Waals surface area contributed by atoms with Crippen molar-refractivity contribution in [2.24, 2.45) is 0 Å². The molecule has 0 amide bonds. The fraction of sp³-hybridized carbons (Fsp3) is 0.500. The third-order valence-corrected chi connectivity index (χ3v) is 3.01. The van der Waals surface area contributed by atoms with Gasteiger partial charge in [0.2, 0.25) is 0 Å². The SMILES string of the molecule is CCOCCCNC(=S)Nc1cc(C(F)(F)F)ccc1C. The van der Waals surface area contributed by atoms with Crippen molar-refractivity contribution >= 4 is 23.0 Å². The molecule has 2 N–H and O–H groups in total. The molecule has 0 fully saturated rings. The first kappa shape index (κ1) is 17.7. The maximum absolute atomic E-state index is 12.7. The van der Waals surface area contributed by atoms with E-state index >= 15 is 0 Å². The van der Waals surface area contributed by atoms with E-state index in [9.17, 15) is 13.2 Å². The van der Waals surface area contributed by atoms with Crippen molar-refractivity contribution in [3.05, 3.63) is 29.3 Å². The number of hydrogen-bond acceptors (Lipinski definition) is 2. The standard InChI is InChI=1S/C14H19F3N2OS/c1-3-20-8-4-7-18-13(21)19-12-9-11(14(15,16)17)6-5-10(12)2/h5-6,9H,3-4,7-8H2,1-2H3,(H2,18,19,21). The lowest BCUT2D eigenvalue weighted by Crippen LogP contribution is -2.30. The lowest BCUT2D eigenvalue weighted by Gasteiger charge is -2.15. The van der Waals surface area contributed by atoms with Gasteiger partial charge in [-0.05, 0) is 50.2 Å². The molecule has 0 saturated carbocycles. The van der Waals surface area contributed by atoms with E-state index in [4.69, 9.17) is 17.0 Å². The summed E-state index contributed by atoms with van der Waals surface area (Å²) in [7, 11) is 0. The minimum atomic E-state index is -4.36. The van der Waals surface area contributed by atoms with Gasteiger partial charge >= 0.3 is 6.18 Å². The van der Waals surface area contributed by atoms with E-state index in [2.05, 4.69) is 10.6 Å². The molecule has 0 aliphatic carbocycles. The van der Waals surface area contributed by atoms with Gasteiger partial charge in [0.1, 0.15) is 0 Å². The molecule has 1 rings (SSSR count). The highest BCUT2D eigenvalue weighted by atomic mass is 32.1. The molecule has 0 aliphatic rings. The van der Waals surface area contributed by atoms with Gasteiger partial charge in [0.25, 0.3) is 0 Å². The van der Waals surface area contributed by atoms with Crippen LogP contribution < -0.4 is 10.6 Å². The lowest BCUT2D eigenvalue weighted by molar-refractivity contribution is -0.137. The van der Waals surface area contributed by atoms with Gasteiger partial charge in [-0.15, -0.1) is 0 Å². The van der Waals surface area contributed by atoms with Crippen LogP contribution in [-0.4, -0.2) is 24.9 Å². The minimum Gasteiger partial charge on any atom is -0.382 e. The largest absolute Gasteiger partial charge is 0.416 e. The summed E-state index contributed by atoms with van der Waals surface area (Å²) < 4.78 is 43.2. The number of nitrogens with one attached hydrogen (secondary N) is 2. The molecule has 0 aromatic heterocycles. The molecule has 1 aromatic rings. The van der Waals surface area contributed by atoms with Crippen LogP contribution in [0.2, 0.25) is 0 Å². The van der Waals surface area contributed by atoms with Crippen LogP contribution in [0.4, 0.5) is 18.9 Å². The minimum absolute atomic E-state index is 0.300. The van der Waals surface area contributed by atoms with Crippen molar-refractivity contribution in [3.63, 3.8) is 0 Å². The van der Waals surface area contributed by atoms with Crippen molar-refractivity contribution < 1.29 is 17.9 Å². The number of aryl methyl sites for hydroxylation is 1. The molecule has 0 saturated heterocycles. The third-order valence-electron chi connectivity index (χ3n) is 2.77. The highest BCUT2D eigenvalue weighted by Crippen LogP contribution is 2.31. The van der Waals surface area contributed by atoms with Crippen molar-refractivity contribution in [3.8, 4) is 0 Å². The van der Waals surface area contributed by atoms with Crippen LogP contribution in [0.1, 0.15) is 24.5 Å². The Morgan fingerprint density at radius 2 is 2.05 bits per heavy atom. The average molecular weight is 320 g/mol. The molecule has 0 aliphatic heterocycles. The normalized spacial score (nSPS) is 11.3. The first-order valence-electron chi connectivity index (χ1n) is 6.65. The summed E-state index contributed by atoms with van der Waals surface area (Å²) in [4.78, 5) is 0. The Kier molecular flexibility index (Phi) is 6.91. The summed E-state index contributed by atoms with van der Waals surface area (Å²) in [5, 5.41) is 6.03. The van der Waals surface area contributed by atoms with Crippen molar-refractivity contribution in [2.45, 2.75) is 26.4 Å². The Morgan fingerprint density at radius 3 is 2.67 bits per heavy atom. The van der Waals surface area contributed by atoms with E-state index in [1.165, 1.54) is 6.07 Å². The Labute approximate surface area is 127 Å². The molecule has 0 atom stereocenters. The van der Waals surface area contributed by atoms with Crippen molar-refractivity contribution in [1.82, 2.24) is 5.32 Å². The molecule has 3 nitrogen and oxygen atoms in total. The van der Waals surface area contributed by atoms with E-state index in [-0.39, 0.29) is 0 Å². The number of benzene rings is 1. The molecule has 0 radical (unpaired) electrons. The maximum atomic E-state index is 12.7. The number of anilines is 1. The molecule has 0 heterocycles. The Morgan fingerprint density at radius 1 is 1.33 bits per heavy atom. The van der Waals surface area contributed by atoms with E-state index in [1.54, 1.807) is 6.92 Å². The topological polar surface area (TPSA) is 33.3 Å². The number of alkyl halides is 3. The van der Waals surface area contributed by atoms with Crippen LogP contribution >= 0.6 is 12.2 Å². The zero-order valence-corrected chi connectivity index (χ0v) is 12.8. The lowest BCUT2D eigenvalue weighted by atomic mass is 10.1. The van der Waals surface area contributed by atoms with Gasteiger partial charge in [0.05, 0.1) is 5.56 Å². The van der Waals surface area contributed by atoms with Crippen LogP contribution in [-0.2, 0) is 10.9 Å². The van der Waals surface area contributed by atoms with Gasteiger partial charge in [0, 0.05) is 25.4 Å². The van der Waals surface area contributed by atoms with Crippen LogP contribution in [0.15, 0.2) is 18.2 Å². The summed E-state index contributed by atoms with van der Waals surface area (Å²) in [5.74, 6) is 0. The summed E-state index contributed by atoms with van der Waals surface area (Å²) in [6, 6.07) is 3.53. The Bertz CT molecular complexity index is 478. The second-order valence-corrected chi connectivity index (χ2v) is 4.87. The van der Waals surface area contributed by atoms with E-state index in [0.29, 0.717) is 36.1 Å². The molecular formula is C14H19F3N2OS. The smallest absolute Gasteiger partial charge is 0.382 e. The van der Waals surface area contributed by atoms with Gasteiger partial charge in [-0.25, -0.2) is 0 Å². The molecule has 7 heteroatoms. The summed E-state index contributed by atoms with van der Waals surface area (Å²) in [6.45, 7) is 5.51. The molecule has 0 unspecified atom stereocenters. The highest BCUT2D eigenvalue weighted by molar-refractivity contribution is 7.80. The Balaban J connectivity index is 2.55. The van der Waals surface area contributed by atoms with E-state index in [0.717, 1.165) is 18.6 Å². The molecule has 21 heavy (non-hydrogen) atoms. The molecule has 0 spiro atoms. The van der Waals surface area contributed by atoms with Gasteiger partial charge in [-0.3, -0.25) is 0 Å². The number of thiocarbonyl (C=S) groups is 1. The van der Waals surface area contributed by atoms with Gasteiger partial charge in [-0.2, -0.15) is 13.2 Å². The second-order valence-electron chi connectivity index (χ2n) is 4.46. The number of halogens is 3.